The lowest BCUT2D eigenvalue weighted by Crippen LogP contribution is -2.30. The fourth-order valence-electron chi connectivity index (χ4n) is 3.78. The summed E-state index contributed by atoms with van der Waals surface area (Å²) in [7, 11) is 1.66. The van der Waals surface area contributed by atoms with Crippen LogP contribution in [0.2, 0.25) is 0 Å². The third-order valence-electron chi connectivity index (χ3n) is 5.21. The number of rotatable bonds is 4. The molecule has 0 N–H and O–H groups in total. The number of nitrogens with zero attached hydrogens (tertiary/aromatic N) is 4. The Bertz CT molecular complexity index is 979. The number of amides is 1. The van der Waals surface area contributed by atoms with Gasteiger partial charge in [0.2, 0.25) is 0 Å². The minimum atomic E-state index is 0.00816. The molecule has 6 heteroatoms. The molecule has 27 heavy (non-hydrogen) atoms. The number of benzene rings is 1. The molecule has 1 saturated heterocycles. The number of carbonyl (C=O) groups is 1. The molecule has 0 radical (unpaired) electrons. The summed E-state index contributed by atoms with van der Waals surface area (Å²) in [5.74, 6) is 0.822. The van der Waals surface area contributed by atoms with Crippen LogP contribution in [0, 0.1) is 0 Å². The van der Waals surface area contributed by atoms with Gasteiger partial charge in [-0.05, 0) is 50.5 Å². The van der Waals surface area contributed by atoms with Crippen molar-refractivity contribution in [3.63, 3.8) is 0 Å². The number of imidazole rings is 1. The highest BCUT2D eigenvalue weighted by molar-refractivity contribution is 5.96. The zero-order valence-corrected chi connectivity index (χ0v) is 15.9. The molecule has 6 nitrogen and oxygen atoms in total. The normalized spacial score (nSPS) is 17.0. The molecule has 3 aromatic rings. The number of hydrogen-bond acceptors (Lipinski definition) is 4. The van der Waals surface area contributed by atoms with E-state index in [9.17, 15) is 4.79 Å². The van der Waals surface area contributed by atoms with E-state index in [4.69, 9.17) is 4.74 Å². The number of fused-ring (bicyclic) bond motifs is 1. The Hall–Kier alpha value is -2.89. The van der Waals surface area contributed by atoms with Gasteiger partial charge in [0.15, 0.2) is 5.65 Å². The molecule has 0 aliphatic carbocycles. The molecule has 0 saturated carbocycles. The second-order valence-electron chi connectivity index (χ2n) is 7.25. The highest BCUT2D eigenvalue weighted by atomic mass is 16.5. The van der Waals surface area contributed by atoms with Gasteiger partial charge in [0.1, 0.15) is 11.3 Å². The number of carbonyl (C=O) groups excluding carboxylic acids is 1. The minimum Gasteiger partial charge on any atom is -0.497 e. The Balaban J connectivity index is 1.64. The van der Waals surface area contributed by atoms with Gasteiger partial charge in [-0.25, -0.2) is 9.97 Å². The number of pyridine rings is 1. The van der Waals surface area contributed by atoms with Crippen molar-refractivity contribution in [3.8, 4) is 5.75 Å². The Morgan fingerprint density at radius 2 is 2.11 bits per heavy atom. The van der Waals surface area contributed by atoms with E-state index in [1.807, 2.05) is 33.7 Å². The first-order chi connectivity index (χ1) is 13.1. The van der Waals surface area contributed by atoms with Crippen molar-refractivity contribution < 1.29 is 9.53 Å². The maximum Gasteiger partial charge on any atom is 0.256 e. The van der Waals surface area contributed by atoms with E-state index >= 15 is 0 Å². The van der Waals surface area contributed by atoms with Gasteiger partial charge in [-0.3, -0.25) is 4.79 Å². The molecule has 1 aliphatic heterocycles. The SMILES string of the molecule is COc1cccc(C2CCCN2C(=O)c2cnc3c(c2)ncn3C(C)C)c1. The molecule has 1 fully saturated rings. The van der Waals surface area contributed by atoms with Crippen LogP contribution in [0.4, 0.5) is 0 Å². The molecular formula is C21H24N4O2. The van der Waals surface area contributed by atoms with E-state index in [0.29, 0.717) is 5.56 Å². The first-order valence-corrected chi connectivity index (χ1v) is 9.36. The van der Waals surface area contributed by atoms with Crippen LogP contribution in [0.15, 0.2) is 42.9 Å². The monoisotopic (exact) mass is 364 g/mol. The van der Waals surface area contributed by atoms with Crippen LogP contribution in [0.1, 0.15) is 54.7 Å². The number of methoxy groups -OCH3 is 1. The molecule has 1 atom stereocenters. The van der Waals surface area contributed by atoms with E-state index in [0.717, 1.165) is 41.9 Å². The number of ether oxygens (including phenoxy) is 1. The smallest absolute Gasteiger partial charge is 0.256 e. The summed E-state index contributed by atoms with van der Waals surface area (Å²) in [5.41, 5.74) is 3.27. The molecule has 0 bridgehead atoms. The Morgan fingerprint density at radius 1 is 1.26 bits per heavy atom. The lowest BCUT2D eigenvalue weighted by molar-refractivity contribution is 0.0735. The summed E-state index contributed by atoms with van der Waals surface area (Å²) in [5, 5.41) is 0. The summed E-state index contributed by atoms with van der Waals surface area (Å²) in [6, 6.07) is 10.2. The minimum absolute atomic E-state index is 0.00816. The molecule has 140 valence electrons. The standard InChI is InChI=1S/C21H24N4O2/c1-14(2)25-13-23-18-11-16(12-22-20(18)25)21(26)24-9-5-8-19(24)15-6-4-7-17(10-15)27-3/h4,6-7,10-14,19H,5,8-9H2,1-3H3. The first-order valence-electron chi connectivity index (χ1n) is 9.36. The fourth-order valence-corrected chi connectivity index (χ4v) is 3.78. The van der Waals surface area contributed by atoms with Crippen molar-refractivity contribution in [1.82, 2.24) is 19.4 Å². The van der Waals surface area contributed by atoms with Crippen molar-refractivity contribution >= 4 is 17.1 Å². The van der Waals surface area contributed by atoms with Gasteiger partial charge in [0.25, 0.3) is 5.91 Å². The number of likely N-dealkylation sites (tertiary alicyclic amines) is 1. The van der Waals surface area contributed by atoms with Gasteiger partial charge in [-0.15, -0.1) is 0 Å². The van der Waals surface area contributed by atoms with Crippen LogP contribution < -0.4 is 4.74 Å². The predicted octanol–water partition coefficient (Wildman–Crippen LogP) is 4.00. The summed E-state index contributed by atoms with van der Waals surface area (Å²) >= 11 is 0. The third-order valence-corrected chi connectivity index (χ3v) is 5.21. The topological polar surface area (TPSA) is 60.2 Å². The van der Waals surface area contributed by atoms with Gasteiger partial charge in [-0.2, -0.15) is 0 Å². The van der Waals surface area contributed by atoms with Crippen molar-refractivity contribution in [1.29, 1.82) is 0 Å². The van der Waals surface area contributed by atoms with Crippen LogP contribution in [-0.4, -0.2) is 39.0 Å². The van der Waals surface area contributed by atoms with Crippen molar-refractivity contribution in [2.45, 2.75) is 38.8 Å². The highest BCUT2D eigenvalue weighted by Crippen LogP contribution is 2.34. The summed E-state index contributed by atoms with van der Waals surface area (Å²) in [4.78, 5) is 24.1. The van der Waals surface area contributed by atoms with E-state index in [1.54, 1.807) is 19.6 Å². The molecule has 1 amide bonds. The predicted molar refractivity (Wildman–Crippen MR) is 104 cm³/mol. The maximum absolute atomic E-state index is 13.2. The molecule has 3 heterocycles. The number of aromatic nitrogens is 3. The first kappa shape index (κ1) is 17.5. The molecule has 0 spiro atoms. The van der Waals surface area contributed by atoms with E-state index < -0.39 is 0 Å². The van der Waals surface area contributed by atoms with Crippen LogP contribution >= 0.6 is 0 Å². The highest BCUT2D eigenvalue weighted by Gasteiger charge is 2.31. The van der Waals surface area contributed by atoms with E-state index in [-0.39, 0.29) is 18.0 Å². The average molecular weight is 364 g/mol. The third kappa shape index (κ3) is 3.16. The van der Waals surface area contributed by atoms with Gasteiger partial charge < -0.3 is 14.2 Å². The van der Waals surface area contributed by atoms with E-state index in [1.165, 1.54) is 0 Å². The Labute approximate surface area is 158 Å². The Morgan fingerprint density at radius 3 is 2.89 bits per heavy atom. The second-order valence-corrected chi connectivity index (χ2v) is 7.25. The maximum atomic E-state index is 13.2. The average Bonchev–Trinajstić information content (AvgIpc) is 3.34. The van der Waals surface area contributed by atoms with Crippen molar-refractivity contribution in [2.24, 2.45) is 0 Å². The zero-order valence-electron chi connectivity index (χ0n) is 15.9. The van der Waals surface area contributed by atoms with Gasteiger partial charge in [0, 0.05) is 18.8 Å². The van der Waals surface area contributed by atoms with Crippen LogP contribution in [0.25, 0.3) is 11.2 Å². The van der Waals surface area contributed by atoms with Crippen LogP contribution in [-0.2, 0) is 0 Å². The molecule has 1 aromatic carbocycles. The van der Waals surface area contributed by atoms with Crippen molar-refractivity contribution in [2.75, 3.05) is 13.7 Å². The largest absolute Gasteiger partial charge is 0.497 e. The summed E-state index contributed by atoms with van der Waals surface area (Å²) in [6.45, 7) is 4.93. The van der Waals surface area contributed by atoms with E-state index in [2.05, 4.69) is 29.9 Å². The molecule has 4 rings (SSSR count). The van der Waals surface area contributed by atoms with Crippen LogP contribution in [0.5, 0.6) is 5.75 Å². The fraction of sp³-hybridized carbons (Fsp3) is 0.381. The molecule has 1 aliphatic rings. The van der Waals surface area contributed by atoms with Gasteiger partial charge in [0.05, 0.1) is 25.0 Å². The molecular weight excluding hydrogens is 340 g/mol. The lowest BCUT2D eigenvalue weighted by atomic mass is 10.0. The van der Waals surface area contributed by atoms with Crippen LogP contribution in [0.3, 0.4) is 0 Å². The second kappa shape index (κ2) is 7.02. The molecule has 2 aromatic heterocycles. The lowest BCUT2D eigenvalue weighted by Gasteiger charge is -2.25. The zero-order chi connectivity index (χ0) is 19.0. The molecule has 1 unspecified atom stereocenters. The summed E-state index contributed by atoms with van der Waals surface area (Å²) < 4.78 is 7.35. The van der Waals surface area contributed by atoms with Gasteiger partial charge >= 0.3 is 0 Å². The van der Waals surface area contributed by atoms with Gasteiger partial charge in [-0.1, -0.05) is 12.1 Å². The number of hydrogen-bond donors (Lipinski definition) is 0. The quantitative estimate of drug-likeness (QED) is 0.702. The summed E-state index contributed by atoms with van der Waals surface area (Å²) in [6.07, 6.45) is 5.40. The van der Waals surface area contributed by atoms with Crippen molar-refractivity contribution in [3.05, 3.63) is 54.0 Å². The Kier molecular flexibility index (Phi) is 4.56.